The van der Waals surface area contributed by atoms with E-state index in [0.29, 0.717) is 0 Å². The van der Waals surface area contributed by atoms with Gasteiger partial charge in [0, 0.05) is 49.8 Å². The molecule has 78 heavy (non-hydrogen) atoms. The highest BCUT2D eigenvalue weighted by Crippen LogP contribution is 2.57. The van der Waals surface area contributed by atoms with E-state index in [-0.39, 0.29) is 44.8 Å². The van der Waals surface area contributed by atoms with Gasteiger partial charge in [-0.1, -0.05) is 152 Å². The highest BCUT2D eigenvalue weighted by atomic mass is 16.4. The van der Waals surface area contributed by atoms with Gasteiger partial charge in [0.25, 0.3) is 0 Å². The van der Waals surface area contributed by atoms with Crippen molar-refractivity contribution in [2.24, 2.45) is 0 Å². The fourth-order valence-corrected chi connectivity index (χ4v) is 15.4. The monoisotopic (exact) mass is 1030 g/mol. The van der Waals surface area contributed by atoms with Crippen LogP contribution in [0.1, 0.15) is 187 Å². The molecular weight excluding hydrogens is 948 g/mol. The van der Waals surface area contributed by atoms with E-state index in [1.165, 1.54) is 106 Å². The number of aryl methyl sites for hydroxylation is 1. The molecule has 0 bridgehead atoms. The van der Waals surface area contributed by atoms with Gasteiger partial charge in [0.15, 0.2) is 0 Å². The fourth-order valence-electron chi connectivity index (χ4n) is 15.4. The van der Waals surface area contributed by atoms with Crippen molar-refractivity contribution < 1.29 is 8.83 Å². The van der Waals surface area contributed by atoms with Gasteiger partial charge in [-0.3, -0.25) is 4.90 Å². The SMILES string of the molecule is Cc1cc2c3c(c1)N(c1ccc(C(C)(C)C)cc1-c1ccccc1)c1oc4cc5c(cc4c1B3N(c1ccc3c(c1)C(C)(C)CCC3(C)C)c1ccc3c(oc4cc6c(cc43)C(C)(C)CCC6(C)C)c1-2)C(C)(C)CCC5(C)C. The van der Waals surface area contributed by atoms with Crippen LogP contribution in [0.15, 0.2) is 124 Å². The summed E-state index contributed by atoms with van der Waals surface area (Å²) in [6, 6.07) is 45.5. The maximum absolute atomic E-state index is 7.76. The number of anilines is 5. The molecule has 0 fully saturated rings. The molecular formula is C73H79BN2O2. The Bertz CT molecular complexity index is 4050. The number of rotatable bonds is 3. The maximum atomic E-state index is 7.76. The summed E-state index contributed by atoms with van der Waals surface area (Å²) >= 11 is 0. The van der Waals surface area contributed by atoms with Crippen LogP contribution in [-0.2, 0) is 37.9 Å². The van der Waals surface area contributed by atoms with E-state index in [0.717, 1.165) is 71.7 Å². The van der Waals surface area contributed by atoms with E-state index in [1.807, 2.05) is 0 Å². The van der Waals surface area contributed by atoms with Gasteiger partial charge in [0.05, 0.1) is 5.69 Å². The van der Waals surface area contributed by atoms with Crippen LogP contribution >= 0.6 is 0 Å². The normalized spacial score (nSPS) is 19.8. The second-order valence-electron chi connectivity index (χ2n) is 29.8. The van der Waals surface area contributed by atoms with Crippen LogP contribution in [0, 0.1) is 6.92 Å². The third-order valence-electron chi connectivity index (χ3n) is 20.7. The standard InChI is InChI=1S/C73H79BN2O2/c1-42-34-50-62-58(27-24-46-48-38-53-55(40-60(48)77-65(46)62)72(13,14)32-30-70(53,9)10)76(45-23-25-51-52(37-45)69(7,8)29-28-68(51,5)6)74-63(50)59(35-42)75(57-26-22-44(67(2,3)4)36-47(57)43-20-18-17-19-21-43)66-64(74)49-39-54-56(41-61(49)78-66)73(15,16)33-31-71(54,11)12/h17-27,34-41H,28-33H2,1-16H3. The van der Waals surface area contributed by atoms with Gasteiger partial charge in [-0.25, -0.2) is 0 Å². The molecule has 5 heteroatoms. The first-order valence-electron chi connectivity index (χ1n) is 29.4. The Hall–Kier alpha value is -6.46. The topological polar surface area (TPSA) is 32.8 Å². The third kappa shape index (κ3) is 7.03. The summed E-state index contributed by atoms with van der Waals surface area (Å²) in [5.41, 5.74) is 26.0. The minimum atomic E-state index is -0.240. The van der Waals surface area contributed by atoms with Crippen LogP contribution in [0.2, 0.25) is 0 Å². The summed E-state index contributed by atoms with van der Waals surface area (Å²) in [6.45, 7) is 38.4. The molecule has 0 saturated heterocycles. The number of furan rings is 2. The lowest BCUT2D eigenvalue weighted by Gasteiger charge is -2.46. The molecule has 14 rings (SSSR count). The molecule has 9 aromatic rings. The van der Waals surface area contributed by atoms with Crippen molar-refractivity contribution in [2.45, 2.75) is 187 Å². The van der Waals surface area contributed by atoms with Gasteiger partial charge in [0.1, 0.15) is 16.7 Å². The second-order valence-corrected chi connectivity index (χ2v) is 29.8. The molecule has 0 saturated carbocycles. The van der Waals surface area contributed by atoms with E-state index in [1.54, 1.807) is 0 Å². The molecule has 0 N–H and O–H groups in total. The Morgan fingerprint density at radius 3 is 1.59 bits per heavy atom. The number of benzene rings is 7. The van der Waals surface area contributed by atoms with Gasteiger partial charge >= 0.3 is 6.85 Å². The van der Waals surface area contributed by atoms with Crippen LogP contribution in [0.4, 0.5) is 28.6 Å². The largest absolute Gasteiger partial charge is 0.455 e. The molecule has 0 radical (unpaired) electrons. The quantitative estimate of drug-likeness (QED) is 0.165. The molecule has 2 aromatic heterocycles. The summed E-state index contributed by atoms with van der Waals surface area (Å²) in [4.78, 5) is 5.25. The van der Waals surface area contributed by atoms with E-state index in [9.17, 15) is 0 Å². The van der Waals surface area contributed by atoms with E-state index < -0.39 is 0 Å². The molecule has 0 atom stereocenters. The van der Waals surface area contributed by atoms with Crippen molar-refractivity contribution in [3.8, 4) is 22.3 Å². The zero-order valence-corrected chi connectivity index (χ0v) is 49.5. The average molecular weight is 1030 g/mol. The van der Waals surface area contributed by atoms with E-state index in [4.69, 9.17) is 8.83 Å². The Morgan fingerprint density at radius 1 is 0.449 bits per heavy atom. The van der Waals surface area contributed by atoms with Crippen molar-refractivity contribution in [1.29, 1.82) is 0 Å². The van der Waals surface area contributed by atoms with Crippen LogP contribution < -0.4 is 20.6 Å². The maximum Gasteiger partial charge on any atom is 0.337 e. The first-order chi connectivity index (χ1) is 36.7. The number of hydrogen-bond acceptors (Lipinski definition) is 4. The Morgan fingerprint density at radius 2 is 0.987 bits per heavy atom. The lowest BCUT2D eigenvalue weighted by Crippen LogP contribution is -2.61. The molecule has 0 spiro atoms. The van der Waals surface area contributed by atoms with Crippen LogP contribution in [0.25, 0.3) is 55.2 Å². The average Bonchev–Trinajstić information content (AvgIpc) is 2.62. The smallest absolute Gasteiger partial charge is 0.337 e. The van der Waals surface area contributed by atoms with Gasteiger partial charge in [-0.2, -0.15) is 0 Å². The molecule has 0 amide bonds. The number of hydrogen-bond donors (Lipinski definition) is 0. The van der Waals surface area contributed by atoms with Crippen LogP contribution in [-0.4, -0.2) is 6.85 Å². The van der Waals surface area contributed by atoms with Crippen molar-refractivity contribution in [2.75, 3.05) is 9.71 Å². The summed E-state index contributed by atoms with van der Waals surface area (Å²) in [6.07, 6.45) is 6.88. The summed E-state index contributed by atoms with van der Waals surface area (Å²) in [5, 5.41) is 3.58. The Kier molecular flexibility index (Phi) is 10.1. The number of nitrogens with zero attached hydrogens (tertiary/aromatic N) is 2. The lowest BCUT2D eigenvalue weighted by atomic mass is 9.43. The molecule has 7 aromatic carbocycles. The first kappa shape index (κ1) is 49.8. The molecule has 5 aliphatic rings. The van der Waals surface area contributed by atoms with Crippen molar-refractivity contribution >= 4 is 79.3 Å². The molecule has 0 unspecified atom stereocenters. The minimum absolute atomic E-state index is 0.00435. The van der Waals surface area contributed by atoms with Gasteiger partial charge in [-0.15, -0.1) is 0 Å². The molecule has 2 aliphatic heterocycles. The van der Waals surface area contributed by atoms with Crippen LogP contribution in [0.5, 0.6) is 0 Å². The summed E-state index contributed by atoms with van der Waals surface area (Å²) in [5.74, 6) is 0.895. The minimum Gasteiger partial charge on any atom is -0.455 e. The molecule has 396 valence electrons. The lowest BCUT2D eigenvalue weighted by molar-refractivity contribution is 0.332. The zero-order chi connectivity index (χ0) is 54.8. The predicted molar refractivity (Wildman–Crippen MR) is 332 cm³/mol. The highest BCUT2D eigenvalue weighted by Gasteiger charge is 2.51. The van der Waals surface area contributed by atoms with Crippen LogP contribution in [0.3, 0.4) is 0 Å². The van der Waals surface area contributed by atoms with Gasteiger partial charge < -0.3 is 13.6 Å². The first-order valence-corrected chi connectivity index (χ1v) is 29.4. The fraction of sp³-hybridized carbons (Fsp3) is 0.397. The van der Waals surface area contributed by atoms with Crippen molar-refractivity contribution in [1.82, 2.24) is 0 Å². The Balaban J connectivity index is 1.14. The molecule has 3 aliphatic carbocycles. The second kappa shape index (κ2) is 15.9. The molecule has 4 nitrogen and oxygen atoms in total. The Labute approximate surface area is 464 Å². The summed E-state index contributed by atoms with van der Waals surface area (Å²) < 4.78 is 15.3. The van der Waals surface area contributed by atoms with Crippen molar-refractivity contribution in [3.63, 3.8) is 0 Å². The van der Waals surface area contributed by atoms with E-state index in [2.05, 4.69) is 236 Å². The van der Waals surface area contributed by atoms with E-state index >= 15 is 0 Å². The highest BCUT2D eigenvalue weighted by molar-refractivity contribution is 6.95. The summed E-state index contributed by atoms with van der Waals surface area (Å²) in [7, 11) is 0. The van der Waals surface area contributed by atoms with Crippen molar-refractivity contribution in [3.05, 3.63) is 160 Å². The van der Waals surface area contributed by atoms with Gasteiger partial charge in [0.2, 0.25) is 5.88 Å². The number of fused-ring (bicyclic) bond motifs is 13. The van der Waals surface area contributed by atoms with Gasteiger partial charge in [-0.05, 0) is 211 Å². The third-order valence-corrected chi connectivity index (χ3v) is 20.7. The molecule has 4 heterocycles. The zero-order valence-electron chi connectivity index (χ0n) is 49.5. The predicted octanol–water partition coefficient (Wildman–Crippen LogP) is 19.4.